The summed E-state index contributed by atoms with van der Waals surface area (Å²) in [5.41, 5.74) is 0. The molecule has 0 radical (unpaired) electrons. The zero-order valence-corrected chi connectivity index (χ0v) is 8.48. The van der Waals surface area contributed by atoms with E-state index in [9.17, 15) is 13.2 Å². The van der Waals surface area contributed by atoms with Crippen LogP contribution < -0.4 is 0 Å². The third-order valence-electron chi connectivity index (χ3n) is 1.58. The Bertz CT molecular complexity index is 266. The van der Waals surface area contributed by atoms with Crippen molar-refractivity contribution in [3.63, 3.8) is 0 Å². The molecule has 0 aromatic heterocycles. The van der Waals surface area contributed by atoms with Crippen LogP contribution in [0.15, 0.2) is 0 Å². The molecule has 0 heterocycles. The molecule has 0 aromatic carbocycles. The van der Waals surface area contributed by atoms with Gasteiger partial charge in [0, 0.05) is 12.2 Å². The van der Waals surface area contributed by atoms with Crippen molar-refractivity contribution in [3.05, 3.63) is 0 Å². The van der Waals surface area contributed by atoms with Crippen LogP contribution in [-0.4, -0.2) is 24.6 Å². The summed E-state index contributed by atoms with van der Waals surface area (Å²) in [6.45, 7) is 0. The number of carbonyl (C=O) groups excluding carboxylic acids is 1. The summed E-state index contributed by atoms with van der Waals surface area (Å²) in [6, 6.07) is 0. The lowest BCUT2D eigenvalue weighted by Crippen LogP contribution is -2.24. The molecule has 3 nitrogen and oxygen atoms in total. The van der Waals surface area contributed by atoms with Gasteiger partial charge >= 0.3 is 0 Å². The Kier molecular flexibility index (Phi) is 2.39. The van der Waals surface area contributed by atoms with Crippen LogP contribution in [-0.2, 0) is 14.6 Å². The van der Waals surface area contributed by atoms with Gasteiger partial charge in [0.2, 0.25) is 0 Å². The molecular weight excluding hydrogens is 232 g/mol. The zero-order chi connectivity index (χ0) is 8.65. The first kappa shape index (κ1) is 9.19. The van der Waals surface area contributed by atoms with Gasteiger partial charge in [0.15, 0.2) is 19.8 Å². The van der Waals surface area contributed by atoms with Crippen molar-refractivity contribution in [2.45, 2.75) is 17.0 Å². The number of hydrogen-bond donors (Lipinski definition) is 0. The first-order chi connectivity index (χ1) is 4.93. The Hall–Kier alpha value is 0.1000. The standard InChI is InChI=1S/C6H9BrO3S/c1-11(9,10)6(7)5(8)4-2-3-4/h4,6H,2-3H2,1H3. The van der Waals surface area contributed by atoms with E-state index in [1.165, 1.54) is 0 Å². The molecular formula is C6H9BrO3S. The Morgan fingerprint density at radius 2 is 2.00 bits per heavy atom. The van der Waals surface area contributed by atoms with Crippen LogP contribution >= 0.6 is 15.9 Å². The Balaban J connectivity index is 2.67. The van der Waals surface area contributed by atoms with Crippen molar-refractivity contribution >= 4 is 31.6 Å². The lowest BCUT2D eigenvalue weighted by atomic mass is 10.3. The highest BCUT2D eigenvalue weighted by atomic mass is 79.9. The van der Waals surface area contributed by atoms with Gasteiger partial charge in [-0.05, 0) is 12.8 Å². The fourth-order valence-corrected chi connectivity index (χ4v) is 1.75. The molecule has 1 rings (SSSR count). The molecule has 1 unspecified atom stereocenters. The molecule has 0 aromatic rings. The summed E-state index contributed by atoms with van der Waals surface area (Å²) < 4.78 is 20.7. The average Bonchev–Trinajstić information content (AvgIpc) is 2.63. The van der Waals surface area contributed by atoms with Gasteiger partial charge < -0.3 is 0 Å². The van der Waals surface area contributed by atoms with E-state index in [-0.39, 0.29) is 11.7 Å². The number of ketones is 1. The number of hydrogen-bond acceptors (Lipinski definition) is 3. The molecule has 1 saturated carbocycles. The fourth-order valence-electron chi connectivity index (χ4n) is 0.764. The number of halogens is 1. The number of rotatable bonds is 3. The minimum Gasteiger partial charge on any atom is -0.297 e. The molecule has 1 aliphatic rings. The van der Waals surface area contributed by atoms with E-state index in [0.717, 1.165) is 19.1 Å². The monoisotopic (exact) mass is 240 g/mol. The molecule has 0 N–H and O–H groups in total. The quantitative estimate of drug-likeness (QED) is 0.684. The largest absolute Gasteiger partial charge is 0.297 e. The summed E-state index contributed by atoms with van der Waals surface area (Å²) >= 11 is 2.87. The third-order valence-corrected chi connectivity index (χ3v) is 5.05. The predicted octanol–water partition coefficient (Wildman–Crippen LogP) is 0.731. The first-order valence-corrected chi connectivity index (χ1v) is 6.16. The second-order valence-electron chi connectivity index (χ2n) is 2.82. The predicted molar refractivity (Wildman–Crippen MR) is 45.3 cm³/mol. The van der Waals surface area contributed by atoms with Crippen LogP contribution in [0.25, 0.3) is 0 Å². The van der Waals surface area contributed by atoms with E-state index in [2.05, 4.69) is 15.9 Å². The number of alkyl halides is 1. The van der Waals surface area contributed by atoms with Crippen LogP contribution in [0.2, 0.25) is 0 Å². The second kappa shape index (κ2) is 2.86. The Morgan fingerprint density at radius 1 is 1.55 bits per heavy atom. The summed E-state index contributed by atoms with van der Waals surface area (Å²) in [5.74, 6) is -0.193. The molecule has 0 amide bonds. The minimum atomic E-state index is -3.24. The van der Waals surface area contributed by atoms with Crippen LogP contribution in [0.3, 0.4) is 0 Å². The van der Waals surface area contributed by atoms with Crippen LogP contribution in [0.1, 0.15) is 12.8 Å². The SMILES string of the molecule is CS(=O)(=O)C(Br)C(=O)C1CC1. The second-order valence-corrected chi connectivity index (χ2v) is 6.47. The molecule has 0 aliphatic heterocycles. The van der Waals surface area contributed by atoms with E-state index >= 15 is 0 Å². The molecule has 1 fully saturated rings. The maximum atomic E-state index is 11.1. The van der Waals surface area contributed by atoms with E-state index < -0.39 is 14.0 Å². The molecule has 0 saturated heterocycles. The summed E-state index contributed by atoms with van der Waals surface area (Å²) in [7, 11) is -3.24. The van der Waals surface area contributed by atoms with E-state index in [1.54, 1.807) is 0 Å². The van der Waals surface area contributed by atoms with Crippen molar-refractivity contribution in [2.75, 3.05) is 6.26 Å². The van der Waals surface area contributed by atoms with Gasteiger partial charge in [-0.15, -0.1) is 0 Å². The van der Waals surface area contributed by atoms with Gasteiger partial charge in [0.05, 0.1) is 0 Å². The first-order valence-electron chi connectivity index (χ1n) is 3.29. The minimum absolute atomic E-state index is 0.00546. The van der Waals surface area contributed by atoms with Crippen molar-refractivity contribution in [1.29, 1.82) is 0 Å². The summed E-state index contributed by atoms with van der Waals surface area (Å²) in [4.78, 5) is 11.1. The molecule has 0 bridgehead atoms. The van der Waals surface area contributed by atoms with Gasteiger partial charge in [-0.3, -0.25) is 4.79 Å². The van der Waals surface area contributed by atoms with Crippen molar-refractivity contribution in [2.24, 2.45) is 5.92 Å². The normalized spacial score (nSPS) is 21.3. The Labute approximate surface area is 74.2 Å². The fraction of sp³-hybridized carbons (Fsp3) is 0.833. The molecule has 0 spiro atoms. The maximum Gasteiger partial charge on any atom is 0.174 e. The van der Waals surface area contributed by atoms with Crippen LogP contribution in [0, 0.1) is 5.92 Å². The van der Waals surface area contributed by atoms with Crippen LogP contribution in [0.5, 0.6) is 0 Å². The lowest BCUT2D eigenvalue weighted by molar-refractivity contribution is -0.118. The molecule has 64 valence electrons. The van der Waals surface area contributed by atoms with Gasteiger partial charge in [0.25, 0.3) is 0 Å². The number of carbonyl (C=O) groups is 1. The van der Waals surface area contributed by atoms with Gasteiger partial charge in [0.1, 0.15) is 0 Å². The van der Waals surface area contributed by atoms with Crippen molar-refractivity contribution < 1.29 is 13.2 Å². The topological polar surface area (TPSA) is 51.2 Å². The smallest absolute Gasteiger partial charge is 0.174 e. The van der Waals surface area contributed by atoms with Gasteiger partial charge in [-0.1, -0.05) is 15.9 Å². The highest BCUT2D eigenvalue weighted by Gasteiger charge is 2.37. The van der Waals surface area contributed by atoms with Gasteiger partial charge in [-0.25, -0.2) is 8.42 Å². The molecule has 1 aliphatic carbocycles. The zero-order valence-electron chi connectivity index (χ0n) is 6.08. The van der Waals surface area contributed by atoms with Crippen LogP contribution in [0.4, 0.5) is 0 Å². The van der Waals surface area contributed by atoms with E-state index in [1.807, 2.05) is 0 Å². The molecule has 11 heavy (non-hydrogen) atoms. The third kappa shape index (κ3) is 2.27. The van der Waals surface area contributed by atoms with Gasteiger partial charge in [-0.2, -0.15) is 0 Å². The highest BCUT2D eigenvalue weighted by molar-refractivity contribution is 9.11. The average molecular weight is 241 g/mol. The van der Waals surface area contributed by atoms with Crippen molar-refractivity contribution in [3.8, 4) is 0 Å². The molecule has 5 heteroatoms. The number of sulfone groups is 1. The lowest BCUT2D eigenvalue weighted by Gasteiger charge is -2.03. The van der Waals surface area contributed by atoms with E-state index in [4.69, 9.17) is 0 Å². The Morgan fingerprint density at radius 3 is 2.27 bits per heavy atom. The summed E-state index contributed by atoms with van der Waals surface area (Å²) in [5, 5.41) is 0. The molecule has 1 atom stereocenters. The maximum absolute atomic E-state index is 11.1. The van der Waals surface area contributed by atoms with E-state index in [0.29, 0.717) is 0 Å². The number of Topliss-reactive ketones (excluding diaryl/α,β-unsaturated/α-hetero) is 1. The van der Waals surface area contributed by atoms with Crippen molar-refractivity contribution in [1.82, 2.24) is 0 Å². The highest BCUT2D eigenvalue weighted by Crippen LogP contribution is 2.33. The summed E-state index contributed by atoms with van der Waals surface area (Å²) in [6.07, 6.45) is 2.75.